The van der Waals surface area contributed by atoms with Crippen molar-refractivity contribution in [2.75, 3.05) is 6.54 Å². The van der Waals surface area contributed by atoms with Gasteiger partial charge in [0.05, 0.1) is 18.2 Å². The van der Waals surface area contributed by atoms with E-state index in [-0.39, 0.29) is 11.7 Å². The first-order chi connectivity index (χ1) is 15.2. The molecule has 7 heteroatoms. The number of nitrogens with one attached hydrogen (secondary N) is 2. The molecule has 31 heavy (non-hydrogen) atoms. The number of amides is 1. The van der Waals surface area contributed by atoms with E-state index in [4.69, 9.17) is 0 Å². The van der Waals surface area contributed by atoms with Crippen LogP contribution in [0.15, 0.2) is 73.6 Å². The minimum absolute atomic E-state index is 0.158. The van der Waals surface area contributed by atoms with Gasteiger partial charge in [0.1, 0.15) is 5.82 Å². The molecule has 0 radical (unpaired) electrons. The molecule has 2 aromatic carbocycles. The number of carbonyl (C=O) groups excluding carboxylic acids is 1. The number of hydrogen-bond donors (Lipinski definition) is 2. The van der Waals surface area contributed by atoms with Crippen LogP contribution >= 0.6 is 0 Å². The Balaban J connectivity index is 1.52. The largest absolute Gasteiger partial charge is 0.352 e. The van der Waals surface area contributed by atoms with Gasteiger partial charge in [-0.15, -0.1) is 0 Å². The topological polar surface area (TPSA) is 75.6 Å². The molecule has 0 saturated heterocycles. The Morgan fingerprint density at radius 2 is 2.03 bits per heavy atom. The van der Waals surface area contributed by atoms with Gasteiger partial charge >= 0.3 is 0 Å². The van der Waals surface area contributed by atoms with Gasteiger partial charge in [0.2, 0.25) is 0 Å². The number of hydrogen-bond acceptors (Lipinski definition) is 3. The third-order valence-electron chi connectivity index (χ3n) is 4.71. The molecule has 0 aliphatic carbocycles. The van der Waals surface area contributed by atoms with Gasteiger partial charge in [0.25, 0.3) is 5.91 Å². The second-order valence-electron chi connectivity index (χ2n) is 6.92. The number of H-pyrrole nitrogens is 1. The minimum Gasteiger partial charge on any atom is -0.352 e. The van der Waals surface area contributed by atoms with Gasteiger partial charge in [-0.2, -0.15) is 5.10 Å². The summed E-state index contributed by atoms with van der Waals surface area (Å²) in [5.41, 5.74) is 3.80. The number of aryl methyl sites for hydroxylation is 1. The number of aromatic amines is 1. The molecule has 4 rings (SSSR count). The van der Waals surface area contributed by atoms with E-state index in [2.05, 4.69) is 32.3 Å². The summed E-state index contributed by atoms with van der Waals surface area (Å²) in [4.78, 5) is 16.7. The van der Waals surface area contributed by atoms with Crippen molar-refractivity contribution < 1.29 is 9.18 Å². The number of benzene rings is 2. The smallest absolute Gasteiger partial charge is 0.251 e. The second kappa shape index (κ2) is 9.55. The molecule has 0 aliphatic rings. The molecular weight excluding hydrogens is 393 g/mol. The van der Waals surface area contributed by atoms with Crippen LogP contribution in [0.25, 0.3) is 5.69 Å². The average Bonchev–Trinajstić information content (AvgIpc) is 3.50. The van der Waals surface area contributed by atoms with E-state index in [1.165, 1.54) is 12.1 Å². The van der Waals surface area contributed by atoms with Crippen molar-refractivity contribution in [2.24, 2.45) is 0 Å². The standard InChI is InChI=1S/C24H20FN5O/c25-22-8-4-18(5-9-22)3-6-20-14-21(7-10-23(20)30-13-12-26-17-30)24(31)27-11-1-2-19-15-28-29-16-19/h4-5,7-10,12-17H,1-2,11H2,(H,27,31)(H,28,29). The predicted octanol–water partition coefficient (Wildman–Crippen LogP) is 3.50. The van der Waals surface area contributed by atoms with Crippen LogP contribution in [-0.4, -0.2) is 32.2 Å². The van der Waals surface area contributed by atoms with Crippen LogP contribution in [0.2, 0.25) is 0 Å². The minimum atomic E-state index is -0.309. The van der Waals surface area contributed by atoms with E-state index in [9.17, 15) is 9.18 Å². The van der Waals surface area contributed by atoms with Crippen molar-refractivity contribution in [3.05, 3.63) is 102 Å². The summed E-state index contributed by atoms with van der Waals surface area (Å²) in [5, 5.41) is 9.64. The molecule has 0 bridgehead atoms. The van der Waals surface area contributed by atoms with Crippen molar-refractivity contribution in [2.45, 2.75) is 12.8 Å². The van der Waals surface area contributed by atoms with Crippen molar-refractivity contribution in [1.29, 1.82) is 0 Å². The first kappa shape index (κ1) is 20.1. The maximum absolute atomic E-state index is 13.1. The number of halogens is 1. The van der Waals surface area contributed by atoms with Crippen LogP contribution in [0.5, 0.6) is 0 Å². The highest BCUT2D eigenvalue weighted by atomic mass is 19.1. The lowest BCUT2D eigenvalue weighted by molar-refractivity contribution is 0.0953. The van der Waals surface area contributed by atoms with Crippen molar-refractivity contribution in [1.82, 2.24) is 25.1 Å². The Labute approximate surface area is 179 Å². The number of aromatic nitrogens is 4. The highest BCUT2D eigenvalue weighted by molar-refractivity contribution is 5.95. The molecule has 2 heterocycles. The van der Waals surface area contributed by atoms with E-state index in [1.807, 2.05) is 23.0 Å². The third-order valence-corrected chi connectivity index (χ3v) is 4.71. The Morgan fingerprint density at radius 3 is 2.77 bits per heavy atom. The first-order valence-corrected chi connectivity index (χ1v) is 9.85. The first-order valence-electron chi connectivity index (χ1n) is 9.85. The zero-order chi connectivity index (χ0) is 21.5. The fourth-order valence-corrected chi connectivity index (χ4v) is 3.09. The number of nitrogens with zero attached hydrogens (tertiary/aromatic N) is 3. The summed E-state index contributed by atoms with van der Waals surface area (Å²) in [5.74, 6) is 5.67. The summed E-state index contributed by atoms with van der Waals surface area (Å²) in [6.45, 7) is 0.559. The van der Waals surface area contributed by atoms with Crippen molar-refractivity contribution >= 4 is 5.91 Å². The highest BCUT2D eigenvalue weighted by Crippen LogP contribution is 2.16. The Morgan fingerprint density at radius 1 is 1.16 bits per heavy atom. The fourth-order valence-electron chi connectivity index (χ4n) is 3.09. The van der Waals surface area contributed by atoms with Gasteiger partial charge in [-0.1, -0.05) is 11.8 Å². The van der Waals surface area contributed by atoms with Gasteiger partial charge < -0.3 is 9.88 Å². The molecule has 0 aliphatic heterocycles. The highest BCUT2D eigenvalue weighted by Gasteiger charge is 2.10. The fraction of sp³-hybridized carbons (Fsp3) is 0.125. The summed E-state index contributed by atoms with van der Waals surface area (Å²) in [6, 6.07) is 11.4. The lowest BCUT2D eigenvalue weighted by Gasteiger charge is -2.09. The molecule has 0 saturated carbocycles. The SMILES string of the molecule is O=C(NCCCc1cn[nH]c1)c1ccc(-n2ccnc2)c(C#Cc2ccc(F)cc2)c1. The third kappa shape index (κ3) is 5.25. The van der Waals surface area contributed by atoms with Crippen LogP contribution in [0.4, 0.5) is 4.39 Å². The van der Waals surface area contributed by atoms with Crippen LogP contribution in [0.1, 0.15) is 33.5 Å². The molecule has 0 unspecified atom stereocenters. The van der Waals surface area contributed by atoms with E-state index in [0.717, 1.165) is 24.1 Å². The molecule has 154 valence electrons. The summed E-state index contributed by atoms with van der Waals surface area (Å²) in [6.07, 6.45) is 10.5. The molecule has 4 aromatic rings. The number of imidazole rings is 1. The Kier molecular flexibility index (Phi) is 6.19. The quantitative estimate of drug-likeness (QED) is 0.375. The molecule has 6 nitrogen and oxygen atoms in total. The zero-order valence-corrected chi connectivity index (χ0v) is 16.7. The van der Waals surface area contributed by atoms with E-state index in [0.29, 0.717) is 23.2 Å². The molecule has 1 amide bonds. The van der Waals surface area contributed by atoms with Crippen molar-refractivity contribution in [3.8, 4) is 17.5 Å². The summed E-state index contributed by atoms with van der Waals surface area (Å²) in [7, 11) is 0. The lowest BCUT2D eigenvalue weighted by Crippen LogP contribution is -2.25. The molecule has 0 atom stereocenters. The average molecular weight is 413 g/mol. The maximum atomic E-state index is 13.1. The summed E-state index contributed by atoms with van der Waals surface area (Å²) < 4.78 is 15.0. The second-order valence-corrected chi connectivity index (χ2v) is 6.92. The van der Waals surface area contributed by atoms with Gasteiger partial charge in [0, 0.05) is 41.8 Å². The monoisotopic (exact) mass is 413 g/mol. The van der Waals surface area contributed by atoms with Crippen LogP contribution < -0.4 is 5.32 Å². The van der Waals surface area contributed by atoms with Gasteiger partial charge in [-0.05, 0) is 60.9 Å². The predicted molar refractivity (Wildman–Crippen MR) is 115 cm³/mol. The van der Waals surface area contributed by atoms with Gasteiger partial charge in [0.15, 0.2) is 0 Å². The van der Waals surface area contributed by atoms with Crippen LogP contribution in [0.3, 0.4) is 0 Å². The molecule has 2 N–H and O–H groups in total. The van der Waals surface area contributed by atoms with Crippen LogP contribution in [-0.2, 0) is 6.42 Å². The van der Waals surface area contributed by atoms with Crippen LogP contribution in [0, 0.1) is 17.7 Å². The van der Waals surface area contributed by atoms with E-state index < -0.39 is 0 Å². The Hall–Kier alpha value is -4.18. The molecule has 0 fully saturated rings. The zero-order valence-electron chi connectivity index (χ0n) is 16.7. The normalized spacial score (nSPS) is 10.4. The van der Waals surface area contributed by atoms with Gasteiger partial charge in [-0.3, -0.25) is 9.89 Å². The maximum Gasteiger partial charge on any atom is 0.251 e. The lowest BCUT2D eigenvalue weighted by atomic mass is 10.1. The summed E-state index contributed by atoms with van der Waals surface area (Å²) >= 11 is 0. The molecular formula is C24H20FN5O. The van der Waals surface area contributed by atoms with E-state index >= 15 is 0 Å². The number of rotatable bonds is 6. The molecule has 0 spiro atoms. The molecule has 2 aromatic heterocycles. The Bertz CT molecular complexity index is 1200. The number of carbonyl (C=O) groups is 1. The van der Waals surface area contributed by atoms with E-state index in [1.54, 1.807) is 43.0 Å². The van der Waals surface area contributed by atoms with Crippen molar-refractivity contribution in [3.63, 3.8) is 0 Å². The van der Waals surface area contributed by atoms with Gasteiger partial charge in [-0.25, -0.2) is 9.37 Å².